The molecule has 4 heteroatoms. The number of ether oxygens (including phenoxy) is 1. The van der Waals surface area contributed by atoms with Crippen molar-refractivity contribution in [2.75, 3.05) is 19.7 Å². The van der Waals surface area contributed by atoms with Crippen LogP contribution in [0, 0.1) is 0 Å². The maximum absolute atomic E-state index is 10.7. The lowest BCUT2D eigenvalue weighted by molar-refractivity contribution is -0.138. The Labute approximate surface area is 102 Å². The molecule has 17 heavy (non-hydrogen) atoms. The smallest absolute Gasteiger partial charge is 0.317 e. The minimum absolute atomic E-state index is 0.0648. The van der Waals surface area contributed by atoms with Crippen LogP contribution in [0.25, 0.3) is 0 Å². The van der Waals surface area contributed by atoms with Crippen molar-refractivity contribution in [2.45, 2.75) is 20.4 Å². The first-order chi connectivity index (χ1) is 8.15. The lowest BCUT2D eigenvalue weighted by Gasteiger charge is -2.18. The number of hydrogen-bond donors (Lipinski definition) is 1. The summed E-state index contributed by atoms with van der Waals surface area (Å²) < 4.78 is 5.41. The highest BCUT2D eigenvalue weighted by Crippen LogP contribution is 2.14. The zero-order valence-corrected chi connectivity index (χ0v) is 10.3. The predicted molar refractivity (Wildman–Crippen MR) is 66.2 cm³/mol. The van der Waals surface area contributed by atoms with E-state index in [-0.39, 0.29) is 6.54 Å². The van der Waals surface area contributed by atoms with Crippen LogP contribution in [0.4, 0.5) is 0 Å². The minimum Gasteiger partial charge on any atom is -0.494 e. The number of likely N-dealkylation sites (N-methyl/N-ethyl adjacent to an activating group) is 1. The van der Waals surface area contributed by atoms with Crippen molar-refractivity contribution in [1.82, 2.24) is 4.90 Å². The molecule has 0 saturated heterocycles. The van der Waals surface area contributed by atoms with Crippen LogP contribution in [-0.4, -0.2) is 35.7 Å². The van der Waals surface area contributed by atoms with E-state index in [0.717, 1.165) is 11.3 Å². The van der Waals surface area contributed by atoms with Crippen LogP contribution < -0.4 is 4.74 Å². The summed E-state index contributed by atoms with van der Waals surface area (Å²) in [7, 11) is 0. The number of hydrogen-bond acceptors (Lipinski definition) is 3. The van der Waals surface area contributed by atoms with Gasteiger partial charge in [0.1, 0.15) is 5.75 Å². The van der Waals surface area contributed by atoms with E-state index in [4.69, 9.17) is 9.84 Å². The molecular weight excluding hydrogens is 218 g/mol. The molecule has 1 aromatic rings. The number of carboxylic acids is 1. The van der Waals surface area contributed by atoms with Gasteiger partial charge in [-0.1, -0.05) is 19.1 Å². The molecule has 0 saturated carbocycles. The van der Waals surface area contributed by atoms with Gasteiger partial charge in [-0.2, -0.15) is 0 Å². The minimum atomic E-state index is -0.798. The third kappa shape index (κ3) is 4.87. The number of carboxylic acid groups (broad SMARTS) is 1. The Morgan fingerprint density at radius 1 is 1.41 bits per heavy atom. The molecule has 1 rings (SSSR count). The predicted octanol–water partition coefficient (Wildman–Crippen LogP) is 1.99. The van der Waals surface area contributed by atoms with E-state index in [0.29, 0.717) is 19.7 Å². The lowest BCUT2D eigenvalue weighted by atomic mass is 10.2. The highest BCUT2D eigenvalue weighted by molar-refractivity contribution is 5.69. The molecule has 1 N–H and O–H groups in total. The summed E-state index contributed by atoms with van der Waals surface area (Å²) in [4.78, 5) is 12.5. The quantitative estimate of drug-likeness (QED) is 0.788. The summed E-state index contributed by atoms with van der Waals surface area (Å²) in [5.41, 5.74) is 1.07. The van der Waals surface area contributed by atoms with Gasteiger partial charge in [0, 0.05) is 6.54 Å². The normalized spacial score (nSPS) is 10.5. The summed E-state index contributed by atoms with van der Waals surface area (Å²) >= 11 is 0. The van der Waals surface area contributed by atoms with Gasteiger partial charge in [0.15, 0.2) is 0 Å². The summed E-state index contributed by atoms with van der Waals surface area (Å²) in [5.74, 6) is 0.0317. The molecule has 0 heterocycles. The topological polar surface area (TPSA) is 49.8 Å². The second-order valence-electron chi connectivity index (χ2n) is 3.78. The van der Waals surface area contributed by atoms with Crippen LogP contribution in [0.3, 0.4) is 0 Å². The van der Waals surface area contributed by atoms with E-state index >= 15 is 0 Å². The van der Waals surface area contributed by atoms with E-state index in [1.165, 1.54) is 0 Å². The van der Waals surface area contributed by atoms with Gasteiger partial charge in [-0.15, -0.1) is 0 Å². The summed E-state index contributed by atoms with van der Waals surface area (Å²) in [6.45, 7) is 5.94. The van der Waals surface area contributed by atoms with Crippen LogP contribution in [0.1, 0.15) is 19.4 Å². The Morgan fingerprint density at radius 2 is 2.18 bits per heavy atom. The molecule has 0 fully saturated rings. The van der Waals surface area contributed by atoms with Gasteiger partial charge < -0.3 is 9.84 Å². The molecule has 0 aliphatic heterocycles. The van der Waals surface area contributed by atoms with Crippen molar-refractivity contribution in [3.63, 3.8) is 0 Å². The zero-order valence-electron chi connectivity index (χ0n) is 10.3. The van der Waals surface area contributed by atoms with Gasteiger partial charge in [-0.25, -0.2) is 0 Å². The molecule has 0 aliphatic carbocycles. The molecule has 94 valence electrons. The van der Waals surface area contributed by atoms with E-state index in [9.17, 15) is 4.79 Å². The number of benzene rings is 1. The van der Waals surface area contributed by atoms with Gasteiger partial charge in [-0.05, 0) is 31.2 Å². The van der Waals surface area contributed by atoms with E-state index < -0.39 is 5.97 Å². The number of aliphatic carboxylic acids is 1. The largest absolute Gasteiger partial charge is 0.494 e. The standard InChI is InChI=1S/C13H19NO3/c1-3-14(10-13(15)16)9-11-6-5-7-12(8-11)17-4-2/h5-8H,3-4,9-10H2,1-2H3,(H,15,16). The fraction of sp³-hybridized carbons (Fsp3) is 0.462. The Hall–Kier alpha value is -1.55. The molecule has 0 aromatic heterocycles. The molecule has 0 radical (unpaired) electrons. The first kappa shape index (κ1) is 13.5. The van der Waals surface area contributed by atoms with E-state index in [1.54, 1.807) is 0 Å². The van der Waals surface area contributed by atoms with Gasteiger partial charge in [0.2, 0.25) is 0 Å². The lowest BCUT2D eigenvalue weighted by Crippen LogP contribution is -2.29. The second-order valence-corrected chi connectivity index (χ2v) is 3.78. The van der Waals surface area contributed by atoms with Gasteiger partial charge in [0.25, 0.3) is 0 Å². The molecule has 4 nitrogen and oxygen atoms in total. The molecular formula is C13H19NO3. The van der Waals surface area contributed by atoms with Crippen LogP contribution in [-0.2, 0) is 11.3 Å². The monoisotopic (exact) mass is 237 g/mol. The molecule has 1 aromatic carbocycles. The maximum atomic E-state index is 10.7. The summed E-state index contributed by atoms with van der Waals surface area (Å²) in [6, 6.07) is 7.76. The Balaban J connectivity index is 2.65. The first-order valence-corrected chi connectivity index (χ1v) is 5.81. The fourth-order valence-electron chi connectivity index (χ4n) is 1.63. The Kier molecular flexibility index (Phi) is 5.49. The van der Waals surface area contributed by atoms with E-state index in [2.05, 4.69) is 0 Å². The van der Waals surface area contributed by atoms with Crippen LogP contribution >= 0.6 is 0 Å². The third-order valence-corrected chi connectivity index (χ3v) is 2.42. The van der Waals surface area contributed by atoms with Crippen molar-refractivity contribution in [1.29, 1.82) is 0 Å². The SMILES string of the molecule is CCOc1cccc(CN(CC)CC(=O)O)c1. The summed E-state index contributed by atoms with van der Waals surface area (Å²) in [5, 5.41) is 8.77. The molecule has 0 unspecified atom stereocenters. The van der Waals surface area contributed by atoms with Gasteiger partial charge in [-0.3, -0.25) is 9.69 Å². The van der Waals surface area contributed by atoms with Gasteiger partial charge in [0.05, 0.1) is 13.2 Å². The van der Waals surface area contributed by atoms with Crippen LogP contribution in [0.5, 0.6) is 5.75 Å². The van der Waals surface area contributed by atoms with Crippen molar-refractivity contribution in [3.8, 4) is 5.75 Å². The van der Waals surface area contributed by atoms with Crippen molar-refractivity contribution < 1.29 is 14.6 Å². The number of rotatable bonds is 7. The molecule has 0 atom stereocenters. The molecule has 0 spiro atoms. The highest BCUT2D eigenvalue weighted by atomic mass is 16.5. The average Bonchev–Trinajstić information content (AvgIpc) is 2.28. The zero-order chi connectivity index (χ0) is 12.7. The fourth-order valence-corrected chi connectivity index (χ4v) is 1.63. The first-order valence-electron chi connectivity index (χ1n) is 5.81. The summed E-state index contributed by atoms with van der Waals surface area (Å²) in [6.07, 6.45) is 0. The average molecular weight is 237 g/mol. The second kappa shape index (κ2) is 6.91. The Morgan fingerprint density at radius 3 is 2.76 bits per heavy atom. The van der Waals surface area contributed by atoms with Crippen LogP contribution in [0.2, 0.25) is 0 Å². The molecule has 0 aliphatic rings. The van der Waals surface area contributed by atoms with Crippen molar-refractivity contribution >= 4 is 5.97 Å². The number of nitrogens with zero attached hydrogens (tertiary/aromatic N) is 1. The van der Waals surface area contributed by atoms with Crippen LogP contribution in [0.15, 0.2) is 24.3 Å². The Bertz CT molecular complexity index is 365. The van der Waals surface area contributed by atoms with Gasteiger partial charge >= 0.3 is 5.97 Å². The van der Waals surface area contributed by atoms with Crippen molar-refractivity contribution in [2.24, 2.45) is 0 Å². The maximum Gasteiger partial charge on any atom is 0.317 e. The third-order valence-electron chi connectivity index (χ3n) is 2.42. The molecule has 0 bridgehead atoms. The highest BCUT2D eigenvalue weighted by Gasteiger charge is 2.08. The van der Waals surface area contributed by atoms with E-state index in [1.807, 2.05) is 43.0 Å². The number of carbonyl (C=O) groups is 1. The molecule has 0 amide bonds. The van der Waals surface area contributed by atoms with Crippen molar-refractivity contribution in [3.05, 3.63) is 29.8 Å².